The summed E-state index contributed by atoms with van der Waals surface area (Å²) in [5, 5.41) is 2.79. The van der Waals surface area contributed by atoms with Gasteiger partial charge in [-0.2, -0.15) is 0 Å². The van der Waals surface area contributed by atoms with Gasteiger partial charge in [0, 0.05) is 6.04 Å². The summed E-state index contributed by atoms with van der Waals surface area (Å²) < 4.78 is 30.6. The normalized spacial score (nSPS) is 14.6. The Balaban J connectivity index is 2.25. The van der Waals surface area contributed by atoms with Crippen LogP contribution in [0.3, 0.4) is 0 Å². The van der Waals surface area contributed by atoms with Crippen molar-refractivity contribution in [2.45, 2.75) is 25.8 Å². The maximum Gasteiger partial charge on any atom is 0.240 e. The Hall–Kier alpha value is -1.76. The number of nitrogens with zero attached hydrogens (tertiary/aromatic N) is 1. The zero-order chi connectivity index (χ0) is 15.5. The van der Waals surface area contributed by atoms with Crippen molar-refractivity contribution in [3.05, 3.63) is 24.3 Å². The Kier molecular flexibility index (Phi) is 4.72. The van der Waals surface area contributed by atoms with E-state index in [4.69, 9.17) is 4.74 Å². The third-order valence-electron chi connectivity index (χ3n) is 3.06. The molecule has 0 saturated heterocycles. The molecule has 0 bridgehead atoms. The second kappa shape index (κ2) is 6.34. The minimum atomic E-state index is -3.58. The van der Waals surface area contributed by atoms with E-state index in [1.807, 2.05) is 6.92 Å². The van der Waals surface area contributed by atoms with Gasteiger partial charge in [0.15, 0.2) is 0 Å². The first-order valence-corrected chi connectivity index (χ1v) is 8.75. The zero-order valence-electron chi connectivity index (χ0n) is 12.2. The molecule has 0 unspecified atom stereocenters. The molecule has 7 heteroatoms. The number of sulfonamides is 1. The van der Waals surface area contributed by atoms with Gasteiger partial charge in [0.2, 0.25) is 15.9 Å². The average molecular weight is 312 g/mol. The Morgan fingerprint density at radius 1 is 1.38 bits per heavy atom. The van der Waals surface area contributed by atoms with Gasteiger partial charge in [-0.15, -0.1) is 0 Å². The zero-order valence-corrected chi connectivity index (χ0v) is 13.0. The third-order valence-corrected chi connectivity index (χ3v) is 4.19. The monoisotopic (exact) mass is 312 g/mol. The Morgan fingerprint density at radius 2 is 2.05 bits per heavy atom. The van der Waals surface area contributed by atoms with Gasteiger partial charge >= 0.3 is 0 Å². The lowest BCUT2D eigenvalue weighted by molar-refractivity contribution is -0.119. The van der Waals surface area contributed by atoms with E-state index in [9.17, 15) is 13.2 Å². The van der Waals surface area contributed by atoms with E-state index in [0.717, 1.165) is 23.4 Å². The van der Waals surface area contributed by atoms with Crippen LogP contribution in [0.15, 0.2) is 24.3 Å². The smallest absolute Gasteiger partial charge is 0.240 e. The molecule has 6 nitrogen and oxygen atoms in total. The number of hydrogen-bond acceptors (Lipinski definition) is 4. The van der Waals surface area contributed by atoms with Gasteiger partial charge in [-0.25, -0.2) is 8.42 Å². The minimum Gasteiger partial charge on any atom is -0.492 e. The average Bonchev–Trinajstić information content (AvgIpc) is 3.20. The van der Waals surface area contributed by atoms with E-state index < -0.39 is 10.0 Å². The first kappa shape index (κ1) is 15.6. The first-order valence-electron chi connectivity index (χ1n) is 6.90. The summed E-state index contributed by atoms with van der Waals surface area (Å²) in [6, 6.07) is 7.00. The molecule has 1 fully saturated rings. The molecule has 1 aliphatic carbocycles. The minimum absolute atomic E-state index is 0.195. The van der Waals surface area contributed by atoms with Crippen molar-refractivity contribution < 1.29 is 17.9 Å². The molecule has 1 aromatic rings. The second-order valence-electron chi connectivity index (χ2n) is 5.01. The fraction of sp³-hybridized carbons (Fsp3) is 0.500. The fourth-order valence-corrected chi connectivity index (χ4v) is 2.81. The van der Waals surface area contributed by atoms with E-state index in [0.29, 0.717) is 18.0 Å². The van der Waals surface area contributed by atoms with E-state index in [2.05, 4.69) is 5.32 Å². The van der Waals surface area contributed by atoms with Crippen LogP contribution in [-0.4, -0.2) is 39.8 Å². The molecule has 0 aromatic heterocycles. The summed E-state index contributed by atoms with van der Waals surface area (Å²) >= 11 is 0. The number of para-hydroxylation sites is 2. The number of carbonyl (C=O) groups is 1. The molecule has 0 aliphatic heterocycles. The standard InChI is InChI=1S/C14H20N2O4S/c1-3-20-13-7-5-4-6-12(13)16(21(2,18)19)10-14(17)15-11-8-9-11/h4-7,11H,3,8-10H2,1-2H3,(H,15,17). The van der Waals surface area contributed by atoms with Crippen LogP contribution in [-0.2, 0) is 14.8 Å². The van der Waals surface area contributed by atoms with E-state index in [1.54, 1.807) is 24.3 Å². The molecular weight excluding hydrogens is 292 g/mol. The second-order valence-corrected chi connectivity index (χ2v) is 6.92. The maximum atomic E-state index is 12.0. The van der Waals surface area contributed by atoms with Gasteiger partial charge in [-0.3, -0.25) is 9.10 Å². The number of nitrogens with one attached hydrogen (secondary N) is 1. The predicted molar refractivity (Wildman–Crippen MR) is 81.0 cm³/mol. The van der Waals surface area contributed by atoms with Crippen LogP contribution in [0.25, 0.3) is 0 Å². The summed E-state index contributed by atoms with van der Waals surface area (Å²) in [6.07, 6.45) is 3.00. The van der Waals surface area contributed by atoms with Crippen LogP contribution >= 0.6 is 0 Å². The van der Waals surface area contributed by atoms with Gasteiger partial charge in [0.05, 0.1) is 18.6 Å². The van der Waals surface area contributed by atoms with Crippen LogP contribution in [0.4, 0.5) is 5.69 Å². The van der Waals surface area contributed by atoms with Gasteiger partial charge in [-0.1, -0.05) is 12.1 Å². The predicted octanol–water partition coefficient (Wildman–Crippen LogP) is 1.13. The first-order chi connectivity index (χ1) is 9.91. The lowest BCUT2D eigenvalue weighted by Gasteiger charge is -2.24. The molecule has 0 spiro atoms. The molecule has 1 aromatic carbocycles. The lowest BCUT2D eigenvalue weighted by atomic mass is 10.3. The third kappa shape index (κ3) is 4.35. The molecule has 0 atom stereocenters. The maximum absolute atomic E-state index is 12.0. The largest absolute Gasteiger partial charge is 0.492 e. The molecule has 116 valence electrons. The van der Waals surface area contributed by atoms with Crippen molar-refractivity contribution in [3.63, 3.8) is 0 Å². The lowest BCUT2D eigenvalue weighted by Crippen LogP contribution is -2.41. The van der Waals surface area contributed by atoms with Crippen molar-refractivity contribution in [1.29, 1.82) is 0 Å². The van der Waals surface area contributed by atoms with Crippen molar-refractivity contribution >= 4 is 21.6 Å². The number of carbonyl (C=O) groups excluding carboxylic acids is 1. The number of hydrogen-bond donors (Lipinski definition) is 1. The van der Waals surface area contributed by atoms with Gasteiger partial charge < -0.3 is 10.1 Å². The summed E-state index contributed by atoms with van der Waals surface area (Å²) in [7, 11) is -3.58. The van der Waals surface area contributed by atoms with Crippen LogP contribution in [0.5, 0.6) is 5.75 Å². The Morgan fingerprint density at radius 3 is 2.62 bits per heavy atom. The summed E-state index contributed by atoms with van der Waals surface area (Å²) in [6.45, 7) is 2.00. The van der Waals surface area contributed by atoms with Crippen molar-refractivity contribution in [2.75, 3.05) is 23.7 Å². The number of ether oxygens (including phenoxy) is 1. The van der Waals surface area contributed by atoms with Crippen molar-refractivity contribution in [2.24, 2.45) is 0 Å². The van der Waals surface area contributed by atoms with Crippen molar-refractivity contribution in [3.8, 4) is 5.75 Å². The van der Waals surface area contributed by atoms with E-state index >= 15 is 0 Å². The summed E-state index contributed by atoms with van der Waals surface area (Å²) in [5.41, 5.74) is 0.382. The summed E-state index contributed by atoms with van der Waals surface area (Å²) in [5.74, 6) is 0.152. The quantitative estimate of drug-likeness (QED) is 0.819. The SMILES string of the molecule is CCOc1ccccc1N(CC(=O)NC1CC1)S(C)(=O)=O. The summed E-state index contributed by atoms with van der Waals surface area (Å²) in [4.78, 5) is 11.9. The number of amides is 1. The molecule has 21 heavy (non-hydrogen) atoms. The highest BCUT2D eigenvalue weighted by molar-refractivity contribution is 7.92. The van der Waals surface area contributed by atoms with Gasteiger partial charge in [-0.05, 0) is 31.9 Å². The highest BCUT2D eigenvalue weighted by Gasteiger charge is 2.27. The fourth-order valence-electron chi connectivity index (χ4n) is 1.95. The molecule has 0 heterocycles. The number of anilines is 1. The number of rotatable bonds is 7. The molecule has 1 N–H and O–H groups in total. The molecule has 1 saturated carbocycles. The van der Waals surface area contributed by atoms with Gasteiger partial charge in [0.1, 0.15) is 12.3 Å². The topological polar surface area (TPSA) is 75.7 Å². The van der Waals surface area contributed by atoms with E-state index in [-0.39, 0.29) is 18.5 Å². The molecule has 0 radical (unpaired) electrons. The molecule has 1 amide bonds. The highest BCUT2D eigenvalue weighted by Crippen LogP contribution is 2.29. The van der Waals surface area contributed by atoms with Gasteiger partial charge in [0.25, 0.3) is 0 Å². The van der Waals surface area contributed by atoms with E-state index in [1.165, 1.54) is 0 Å². The van der Waals surface area contributed by atoms with Crippen LogP contribution in [0, 0.1) is 0 Å². The van der Waals surface area contributed by atoms with Crippen LogP contribution in [0.2, 0.25) is 0 Å². The van der Waals surface area contributed by atoms with Crippen molar-refractivity contribution in [1.82, 2.24) is 5.32 Å². The van der Waals surface area contributed by atoms with Crippen LogP contribution in [0.1, 0.15) is 19.8 Å². The molecule has 2 rings (SSSR count). The molecular formula is C14H20N2O4S. The molecule has 1 aliphatic rings. The van der Waals surface area contributed by atoms with Crippen LogP contribution < -0.4 is 14.4 Å². The number of benzene rings is 1. The Bertz CT molecular complexity index is 611. The Labute approximate surface area is 125 Å². The highest BCUT2D eigenvalue weighted by atomic mass is 32.2.